The Morgan fingerprint density at radius 3 is 1.67 bits per heavy atom. The van der Waals surface area contributed by atoms with Gasteiger partial charge in [0.25, 0.3) is 0 Å². The molecule has 0 saturated carbocycles. The summed E-state index contributed by atoms with van der Waals surface area (Å²) in [5, 5.41) is 22.4. The quantitative estimate of drug-likeness (QED) is 0.0908. The number of nitrogens with zero attached hydrogens (tertiary/aromatic N) is 4. The van der Waals surface area contributed by atoms with Crippen LogP contribution in [-0.2, 0) is 70.4 Å². The Hall–Kier alpha value is -7.16. The van der Waals surface area contributed by atoms with E-state index in [0.29, 0.717) is 43.5 Å². The number of benzene rings is 2. The van der Waals surface area contributed by atoms with Gasteiger partial charge in [0.05, 0.1) is 42.6 Å². The minimum atomic E-state index is -1.74. The summed E-state index contributed by atoms with van der Waals surface area (Å²) in [6, 6.07) is 9.13. The molecular formula is C72H108N8O13. The number of Topliss-reactive ketones (excluding diaryl/α,β-unsaturated/α-hetero) is 4. The van der Waals surface area contributed by atoms with E-state index in [1.165, 1.54) is 49.6 Å². The fraction of sp³-hybridized carbons (Fsp3) is 0.667. The lowest BCUT2D eigenvalue weighted by atomic mass is 9.84. The lowest BCUT2D eigenvalue weighted by molar-refractivity contribution is -0.147. The number of likely N-dealkylation sites (N-methyl/N-ethyl adjacent to an activating group) is 2. The molecule has 3 aliphatic heterocycles. The Morgan fingerprint density at radius 1 is 0.538 bits per heavy atom. The average Bonchev–Trinajstić information content (AvgIpc) is 2.01. The molecule has 2 aromatic carbocycles. The molecule has 13 atom stereocenters. The molecule has 514 valence electrons. The van der Waals surface area contributed by atoms with Crippen molar-refractivity contribution in [2.24, 2.45) is 47.3 Å². The largest absolute Gasteiger partial charge is 0.393 e. The highest BCUT2D eigenvalue weighted by atomic mass is 16.3. The van der Waals surface area contributed by atoms with Crippen LogP contribution < -0.4 is 21.3 Å². The summed E-state index contributed by atoms with van der Waals surface area (Å²) in [4.78, 5) is 182. The van der Waals surface area contributed by atoms with Crippen molar-refractivity contribution in [2.75, 3.05) is 33.7 Å². The third-order valence-corrected chi connectivity index (χ3v) is 19.0. The molecule has 93 heavy (non-hydrogen) atoms. The van der Waals surface area contributed by atoms with Gasteiger partial charge in [-0.2, -0.15) is 0 Å². The lowest BCUT2D eigenvalue weighted by Gasteiger charge is -2.34. The van der Waals surface area contributed by atoms with Crippen LogP contribution in [0.3, 0.4) is 0 Å². The van der Waals surface area contributed by atoms with Gasteiger partial charge in [-0.3, -0.25) is 57.5 Å². The van der Waals surface area contributed by atoms with Crippen LogP contribution in [0, 0.1) is 47.3 Å². The number of hydrogen-bond donors (Lipinski definition) is 5. The average molecular weight is 1290 g/mol. The highest BCUT2D eigenvalue weighted by Gasteiger charge is 2.44. The summed E-state index contributed by atoms with van der Waals surface area (Å²) in [6.07, 6.45) is 0.750. The maximum Gasteiger partial charge on any atom is 0.245 e. The first-order chi connectivity index (χ1) is 43.9. The second-order valence-corrected chi connectivity index (χ2v) is 28.0. The van der Waals surface area contributed by atoms with Gasteiger partial charge in [-0.15, -0.1) is 0 Å². The van der Waals surface area contributed by atoms with E-state index in [1.54, 1.807) is 60.7 Å². The van der Waals surface area contributed by atoms with Crippen molar-refractivity contribution in [1.29, 1.82) is 0 Å². The molecule has 21 nitrogen and oxygen atoms in total. The van der Waals surface area contributed by atoms with E-state index in [2.05, 4.69) is 21.3 Å². The van der Waals surface area contributed by atoms with Gasteiger partial charge < -0.3 is 46.0 Å². The number of ketones is 4. The van der Waals surface area contributed by atoms with Gasteiger partial charge in [0, 0.05) is 77.2 Å². The Morgan fingerprint density at radius 2 is 1.10 bits per heavy atom. The molecule has 0 unspecified atom stereocenters. The van der Waals surface area contributed by atoms with Gasteiger partial charge >= 0.3 is 0 Å². The Bertz CT molecular complexity index is 2890. The van der Waals surface area contributed by atoms with E-state index in [1.807, 2.05) is 60.3 Å². The Kier molecular flexibility index (Phi) is 30.0. The third-order valence-electron chi connectivity index (χ3n) is 19.0. The van der Waals surface area contributed by atoms with E-state index in [-0.39, 0.29) is 86.9 Å². The molecule has 3 fully saturated rings. The minimum Gasteiger partial charge on any atom is -0.393 e. The van der Waals surface area contributed by atoms with Crippen molar-refractivity contribution in [2.45, 2.75) is 227 Å². The fourth-order valence-corrected chi connectivity index (χ4v) is 13.2. The van der Waals surface area contributed by atoms with Gasteiger partial charge in [-0.25, -0.2) is 0 Å². The molecule has 2 aromatic rings. The van der Waals surface area contributed by atoms with Gasteiger partial charge in [0.1, 0.15) is 18.1 Å². The summed E-state index contributed by atoms with van der Waals surface area (Å²) >= 11 is 0. The van der Waals surface area contributed by atoms with E-state index in [0.717, 1.165) is 19.3 Å². The topological polar surface area (TPSA) is 286 Å². The van der Waals surface area contributed by atoms with Crippen molar-refractivity contribution >= 4 is 70.4 Å². The number of amides is 8. The zero-order valence-electron chi connectivity index (χ0n) is 57.6. The highest BCUT2D eigenvalue weighted by molar-refractivity contribution is 6.01. The number of carbonyl (C=O) groups excluding carboxylic acids is 12. The highest BCUT2D eigenvalue weighted by Crippen LogP contribution is 2.31. The van der Waals surface area contributed by atoms with Crippen LogP contribution in [0.5, 0.6) is 0 Å². The minimum absolute atomic E-state index is 0.0122. The molecule has 3 saturated heterocycles. The van der Waals surface area contributed by atoms with Gasteiger partial charge in [0.15, 0.2) is 23.1 Å². The van der Waals surface area contributed by atoms with Crippen LogP contribution >= 0.6 is 0 Å². The summed E-state index contributed by atoms with van der Waals surface area (Å²) in [7, 11) is 2.93. The van der Waals surface area contributed by atoms with Gasteiger partial charge in [-0.1, -0.05) is 122 Å². The van der Waals surface area contributed by atoms with E-state index in [9.17, 15) is 43.5 Å². The van der Waals surface area contributed by atoms with Gasteiger partial charge in [0.2, 0.25) is 47.3 Å². The number of piperidine rings is 1. The zero-order valence-corrected chi connectivity index (χ0v) is 57.6. The standard InChI is InChI=1S/C72H108N8O13/c1-14-46(8)54(70(91)79-30-22-17-23-31-79)40-64(85)58-29-24-32-80(58)71(92)55(49(11)81)41-62(83)56-42-65(86)73-48(10)66(87)76-57(34-44(4)5)72(93)78(13)60(35-45(6)7)68(89)74-47(9)61(82)39-53(33-43(2)3)69(90)77(12)59(37-51-27-20-16-21-28-51)63(84)38-52(67(88)75-56)36-50-25-18-15-19-26-50/h15-16,18-21,25-28,43-49,52-60,81H,14,17,22-24,29-42H2,1-13H3,(H,73,86)(H,74,89)(H,75,88)(H,76,87)/t46-,47-,48-,49+,52+,53+,54-,55-,56-,57-,58-,59-,60-/m0/s1. The van der Waals surface area contributed by atoms with Crippen molar-refractivity contribution in [3.8, 4) is 0 Å². The first kappa shape index (κ1) is 76.6. The zero-order chi connectivity index (χ0) is 69.0. The number of aliphatic hydroxyl groups excluding tert-OH is 1. The molecular weight excluding hydrogens is 1180 g/mol. The molecule has 0 bridgehead atoms. The number of nitrogens with one attached hydrogen (secondary N) is 4. The number of aliphatic hydroxyl groups is 1. The molecule has 3 heterocycles. The molecule has 5 N–H and O–H groups in total. The number of hydrogen-bond acceptors (Lipinski definition) is 13. The van der Waals surface area contributed by atoms with Gasteiger partial charge in [-0.05, 0) is 120 Å². The summed E-state index contributed by atoms with van der Waals surface area (Å²) in [5.41, 5.74) is 1.32. The predicted octanol–water partition coefficient (Wildman–Crippen LogP) is 6.38. The van der Waals surface area contributed by atoms with Crippen LogP contribution in [0.25, 0.3) is 0 Å². The first-order valence-electron chi connectivity index (χ1n) is 34.1. The first-order valence-corrected chi connectivity index (χ1v) is 34.1. The summed E-state index contributed by atoms with van der Waals surface area (Å²) in [5.74, 6) is -12.0. The van der Waals surface area contributed by atoms with Crippen LogP contribution in [-0.4, -0.2) is 177 Å². The van der Waals surface area contributed by atoms with E-state index in [4.69, 9.17) is 0 Å². The fourth-order valence-electron chi connectivity index (χ4n) is 13.2. The maximum atomic E-state index is 15.3. The van der Waals surface area contributed by atoms with Crippen molar-refractivity contribution in [1.82, 2.24) is 40.9 Å². The third kappa shape index (κ3) is 22.5. The maximum absolute atomic E-state index is 15.3. The molecule has 0 aromatic heterocycles. The van der Waals surface area contributed by atoms with Crippen LogP contribution in [0.15, 0.2) is 60.7 Å². The smallest absolute Gasteiger partial charge is 0.245 e. The normalized spacial score (nSPS) is 25.6. The Balaban J connectivity index is 1.60. The number of rotatable bonds is 21. The second kappa shape index (κ2) is 36.5. The van der Waals surface area contributed by atoms with Crippen LogP contribution in [0.1, 0.15) is 177 Å². The molecule has 8 amide bonds. The summed E-state index contributed by atoms with van der Waals surface area (Å²) < 4.78 is 0. The predicted molar refractivity (Wildman–Crippen MR) is 354 cm³/mol. The molecule has 0 spiro atoms. The van der Waals surface area contributed by atoms with Crippen molar-refractivity contribution in [3.05, 3.63) is 71.8 Å². The molecule has 0 radical (unpaired) electrons. The number of likely N-dealkylation sites (tertiary alicyclic amines) is 2. The Labute approximate surface area is 551 Å². The summed E-state index contributed by atoms with van der Waals surface area (Å²) in [6.45, 7) is 20.7. The monoisotopic (exact) mass is 1290 g/mol. The van der Waals surface area contributed by atoms with Crippen LogP contribution in [0.2, 0.25) is 0 Å². The second-order valence-electron chi connectivity index (χ2n) is 28.0. The van der Waals surface area contributed by atoms with Crippen molar-refractivity contribution < 1.29 is 62.6 Å². The number of carbonyl (C=O) groups is 12. The SMILES string of the molecule is CC[C@H](C)[C@H](CC(=O)[C@@H]1CCCN1C(=O)[C@@H](CC(=O)[C@@H]1CC(=O)N[C@@H](C)C(=O)N[C@@H](CC(C)C)C(=O)N(C)[C@@H](CC(C)C)C(=O)N[C@@H](C)C(=O)C[C@@H](CC(C)C)C(=O)N(C)[C@@H](Cc2ccccc2)C(=O)C[C@@H](Cc2ccccc2)C(=O)N1)[C@@H](C)O)C(=O)N1CCCCC1. The molecule has 0 aliphatic carbocycles. The van der Waals surface area contributed by atoms with Crippen LogP contribution in [0.4, 0.5) is 0 Å². The molecule has 21 heteroatoms. The van der Waals surface area contributed by atoms with E-state index < -0.39 is 150 Å². The van der Waals surface area contributed by atoms with E-state index >= 15 is 19.2 Å². The molecule has 3 aliphatic rings. The molecule has 5 rings (SSSR count). The van der Waals surface area contributed by atoms with Crippen molar-refractivity contribution in [3.63, 3.8) is 0 Å². The lowest BCUT2D eigenvalue weighted by Crippen LogP contribution is -2.58.